The van der Waals surface area contributed by atoms with Crippen LogP contribution in [0.1, 0.15) is 15.9 Å². The molecule has 0 bridgehead atoms. The van der Waals surface area contributed by atoms with Crippen molar-refractivity contribution in [2.24, 2.45) is 0 Å². The lowest BCUT2D eigenvalue weighted by Crippen LogP contribution is -1.92. The van der Waals surface area contributed by atoms with E-state index in [9.17, 15) is 4.79 Å². The number of rotatable bonds is 2. The zero-order chi connectivity index (χ0) is 12.6. The van der Waals surface area contributed by atoms with Crippen molar-refractivity contribution in [2.45, 2.75) is 0 Å². The summed E-state index contributed by atoms with van der Waals surface area (Å²) in [6.45, 7) is 0. The van der Waals surface area contributed by atoms with Gasteiger partial charge in [0, 0.05) is 11.1 Å². The lowest BCUT2D eigenvalue weighted by atomic mass is 10.1. The standard InChI is InChI=1S/C17H12O/c18-17(16-12-5-2-6-13-16)14-8-7-11-15-9-3-1-4-10-15/h1-6,8-10,12-14H/b14-8+. The van der Waals surface area contributed by atoms with E-state index in [0.717, 1.165) is 5.56 Å². The van der Waals surface area contributed by atoms with Crippen LogP contribution in [0.4, 0.5) is 0 Å². The van der Waals surface area contributed by atoms with Crippen LogP contribution in [0.2, 0.25) is 0 Å². The molecule has 0 aliphatic rings. The van der Waals surface area contributed by atoms with Crippen LogP contribution in [0, 0.1) is 11.8 Å². The van der Waals surface area contributed by atoms with Gasteiger partial charge in [0.05, 0.1) is 0 Å². The first-order valence-electron chi connectivity index (χ1n) is 5.69. The molecule has 0 amide bonds. The van der Waals surface area contributed by atoms with Crippen LogP contribution < -0.4 is 0 Å². The van der Waals surface area contributed by atoms with Gasteiger partial charge >= 0.3 is 0 Å². The highest BCUT2D eigenvalue weighted by Crippen LogP contribution is 2.00. The summed E-state index contributed by atoms with van der Waals surface area (Å²) in [5.74, 6) is 5.78. The molecule has 0 radical (unpaired) electrons. The Bertz CT molecular complexity index is 598. The molecule has 2 aromatic rings. The number of hydrogen-bond acceptors (Lipinski definition) is 1. The van der Waals surface area contributed by atoms with Gasteiger partial charge in [-0.25, -0.2) is 0 Å². The molecule has 0 aliphatic heterocycles. The summed E-state index contributed by atoms with van der Waals surface area (Å²) in [6, 6.07) is 18.8. The molecule has 0 aromatic heterocycles. The first kappa shape index (κ1) is 11.9. The average molecular weight is 232 g/mol. The van der Waals surface area contributed by atoms with Gasteiger partial charge in [-0.3, -0.25) is 4.79 Å². The second kappa shape index (κ2) is 6.22. The molecule has 0 fully saturated rings. The van der Waals surface area contributed by atoms with Crippen molar-refractivity contribution in [3.8, 4) is 11.8 Å². The molecule has 1 nitrogen and oxygen atoms in total. The average Bonchev–Trinajstić information content (AvgIpc) is 2.45. The van der Waals surface area contributed by atoms with Gasteiger partial charge in [0.2, 0.25) is 0 Å². The van der Waals surface area contributed by atoms with Crippen LogP contribution in [0.25, 0.3) is 0 Å². The van der Waals surface area contributed by atoms with E-state index in [2.05, 4.69) is 11.8 Å². The highest BCUT2D eigenvalue weighted by Gasteiger charge is 1.97. The molecule has 86 valence electrons. The summed E-state index contributed by atoms with van der Waals surface area (Å²) in [6.07, 6.45) is 3.08. The van der Waals surface area contributed by atoms with Crippen molar-refractivity contribution >= 4 is 5.78 Å². The number of ketones is 1. The summed E-state index contributed by atoms with van der Waals surface area (Å²) in [5.41, 5.74) is 1.62. The third-order valence-electron chi connectivity index (χ3n) is 2.37. The molecule has 0 N–H and O–H groups in total. The minimum absolute atomic E-state index is 0.0297. The van der Waals surface area contributed by atoms with Gasteiger partial charge in [0.1, 0.15) is 0 Å². The lowest BCUT2D eigenvalue weighted by Gasteiger charge is -1.91. The molecule has 0 heterocycles. The summed E-state index contributed by atoms with van der Waals surface area (Å²) in [4.78, 5) is 11.7. The van der Waals surface area contributed by atoms with E-state index in [4.69, 9.17) is 0 Å². The number of benzene rings is 2. The molecule has 2 aromatic carbocycles. The Balaban J connectivity index is 2.01. The molecular weight excluding hydrogens is 220 g/mol. The first-order chi connectivity index (χ1) is 8.86. The Kier molecular flexibility index (Phi) is 4.11. The Morgan fingerprint density at radius 2 is 1.50 bits per heavy atom. The molecule has 0 atom stereocenters. The quantitative estimate of drug-likeness (QED) is 0.440. The molecule has 0 aliphatic carbocycles. The van der Waals surface area contributed by atoms with Crippen molar-refractivity contribution in [1.82, 2.24) is 0 Å². The molecule has 0 unspecified atom stereocenters. The van der Waals surface area contributed by atoms with E-state index in [0.29, 0.717) is 5.56 Å². The van der Waals surface area contributed by atoms with Crippen LogP contribution in [-0.2, 0) is 0 Å². The van der Waals surface area contributed by atoms with Gasteiger partial charge < -0.3 is 0 Å². The minimum atomic E-state index is -0.0297. The number of hydrogen-bond donors (Lipinski definition) is 0. The van der Waals surface area contributed by atoms with Gasteiger partial charge in [-0.15, -0.1) is 0 Å². The van der Waals surface area contributed by atoms with Crippen molar-refractivity contribution in [1.29, 1.82) is 0 Å². The second-order valence-corrected chi connectivity index (χ2v) is 3.70. The lowest BCUT2D eigenvalue weighted by molar-refractivity contribution is 0.104. The van der Waals surface area contributed by atoms with E-state index in [1.54, 1.807) is 18.2 Å². The SMILES string of the molecule is O=C(/C=C/C#Cc1ccccc1)c1ccccc1. The van der Waals surface area contributed by atoms with Gasteiger partial charge in [0.15, 0.2) is 5.78 Å². The number of carbonyl (C=O) groups is 1. The van der Waals surface area contributed by atoms with Crippen molar-refractivity contribution < 1.29 is 4.79 Å². The van der Waals surface area contributed by atoms with Crippen molar-refractivity contribution in [3.05, 3.63) is 83.9 Å². The molecule has 1 heteroatoms. The van der Waals surface area contributed by atoms with E-state index in [-0.39, 0.29) is 5.78 Å². The van der Waals surface area contributed by atoms with Gasteiger partial charge in [0.25, 0.3) is 0 Å². The van der Waals surface area contributed by atoms with Crippen LogP contribution in [0.15, 0.2) is 72.8 Å². The largest absolute Gasteiger partial charge is 0.289 e. The molecule has 0 saturated carbocycles. The molecule has 0 spiro atoms. The van der Waals surface area contributed by atoms with E-state index < -0.39 is 0 Å². The highest BCUT2D eigenvalue weighted by molar-refractivity contribution is 6.04. The predicted molar refractivity (Wildman–Crippen MR) is 73.2 cm³/mol. The monoisotopic (exact) mass is 232 g/mol. The maximum Gasteiger partial charge on any atom is 0.186 e. The van der Waals surface area contributed by atoms with E-state index >= 15 is 0 Å². The van der Waals surface area contributed by atoms with Gasteiger partial charge in [-0.1, -0.05) is 60.4 Å². The number of carbonyl (C=O) groups excluding carboxylic acids is 1. The Morgan fingerprint density at radius 3 is 2.17 bits per heavy atom. The summed E-state index contributed by atoms with van der Waals surface area (Å²) in [7, 11) is 0. The van der Waals surface area contributed by atoms with Crippen LogP contribution in [0.5, 0.6) is 0 Å². The fourth-order valence-corrected chi connectivity index (χ4v) is 1.46. The van der Waals surface area contributed by atoms with Crippen molar-refractivity contribution in [2.75, 3.05) is 0 Å². The Morgan fingerprint density at radius 1 is 0.889 bits per heavy atom. The normalized spacial score (nSPS) is 9.78. The maximum absolute atomic E-state index is 11.7. The Labute approximate surface area is 107 Å². The van der Waals surface area contributed by atoms with Crippen LogP contribution in [-0.4, -0.2) is 5.78 Å². The minimum Gasteiger partial charge on any atom is -0.289 e. The molecule has 0 saturated heterocycles. The molecule has 2 rings (SSSR count). The summed E-state index contributed by atoms with van der Waals surface area (Å²) in [5, 5.41) is 0. The predicted octanol–water partition coefficient (Wildman–Crippen LogP) is 3.48. The van der Waals surface area contributed by atoms with Gasteiger partial charge in [-0.05, 0) is 24.3 Å². The van der Waals surface area contributed by atoms with Crippen LogP contribution >= 0.6 is 0 Å². The topological polar surface area (TPSA) is 17.1 Å². The fourth-order valence-electron chi connectivity index (χ4n) is 1.46. The van der Waals surface area contributed by atoms with Crippen molar-refractivity contribution in [3.63, 3.8) is 0 Å². The third kappa shape index (κ3) is 3.47. The second-order valence-electron chi connectivity index (χ2n) is 3.70. The zero-order valence-electron chi connectivity index (χ0n) is 9.84. The fraction of sp³-hybridized carbons (Fsp3) is 0. The summed E-state index contributed by atoms with van der Waals surface area (Å²) < 4.78 is 0. The smallest absolute Gasteiger partial charge is 0.186 e. The summed E-state index contributed by atoms with van der Waals surface area (Å²) >= 11 is 0. The zero-order valence-corrected chi connectivity index (χ0v) is 9.84. The third-order valence-corrected chi connectivity index (χ3v) is 2.37. The maximum atomic E-state index is 11.7. The molecular formula is C17H12O. The van der Waals surface area contributed by atoms with E-state index in [1.165, 1.54) is 6.08 Å². The molecule has 18 heavy (non-hydrogen) atoms. The number of allylic oxidation sites excluding steroid dienone is 2. The highest BCUT2D eigenvalue weighted by atomic mass is 16.1. The van der Waals surface area contributed by atoms with Crippen LogP contribution in [0.3, 0.4) is 0 Å². The first-order valence-corrected chi connectivity index (χ1v) is 5.69. The van der Waals surface area contributed by atoms with Gasteiger partial charge in [-0.2, -0.15) is 0 Å². The van der Waals surface area contributed by atoms with E-state index in [1.807, 2.05) is 48.5 Å². The Hall–Kier alpha value is -2.59.